The molecule has 0 saturated heterocycles. The average Bonchev–Trinajstić information content (AvgIpc) is 2.18. The van der Waals surface area contributed by atoms with Crippen LogP contribution in [0.2, 0.25) is 0 Å². The van der Waals surface area contributed by atoms with Gasteiger partial charge < -0.3 is 4.74 Å². The Labute approximate surface area is 122 Å². The molecule has 0 bridgehead atoms. The predicted octanol–water partition coefficient (Wildman–Crippen LogP) is 3.96. The van der Waals surface area contributed by atoms with Crippen LogP contribution in [0.1, 0.15) is 59.3 Å². The van der Waals surface area contributed by atoms with Crippen LogP contribution >= 0.6 is 10.7 Å². The number of rotatable bonds is 7. The van der Waals surface area contributed by atoms with Gasteiger partial charge in [0.1, 0.15) is 0 Å². The van der Waals surface area contributed by atoms with Gasteiger partial charge in [-0.3, -0.25) is 0 Å². The molecule has 0 aromatic heterocycles. The van der Waals surface area contributed by atoms with Crippen molar-refractivity contribution in [3.8, 4) is 0 Å². The van der Waals surface area contributed by atoms with Gasteiger partial charge in [-0.05, 0) is 43.4 Å². The molecule has 0 heterocycles. The fourth-order valence-electron chi connectivity index (χ4n) is 3.19. The van der Waals surface area contributed by atoms with Crippen molar-refractivity contribution in [2.75, 3.05) is 12.4 Å². The summed E-state index contributed by atoms with van der Waals surface area (Å²) in [4.78, 5) is 0. The zero-order chi connectivity index (χ0) is 14.5. The van der Waals surface area contributed by atoms with Crippen LogP contribution in [-0.4, -0.2) is 26.9 Å². The molecule has 0 amide bonds. The van der Waals surface area contributed by atoms with Gasteiger partial charge in [-0.1, -0.05) is 27.2 Å². The van der Waals surface area contributed by atoms with E-state index < -0.39 is 9.05 Å². The SMILES string of the molecule is CC1CC(OCCCCCS(=O)(=O)Cl)CC(C)(C)C1. The van der Waals surface area contributed by atoms with Gasteiger partial charge in [0.25, 0.3) is 0 Å². The van der Waals surface area contributed by atoms with Crippen LogP contribution < -0.4 is 0 Å². The lowest BCUT2D eigenvalue weighted by atomic mass is 9.71. The molecule has 0 aromatic rings. The molecule has 19 heavy (non-hydrogen) atoms. The van der Waals surface area contributed by atoms with Crippen LogP contribution in [0, 0.1) is 11.3 Å². The van der Waals surface area contributed by atoms with Gasteiger partial charge in [0.05, 0.1) is 11.9 Å². The fraction of sp³-hybridized carbons (Fsp3) is 1.00. The van der Waals surface area contributed by atoms with E-state index in [1.165, 1.54) is 6.42 Å². The average molecular weight is 311 g/mol. The Morgan fingerprint density at radius 1 is 1.21 bits per heavy atom. The Morgan fingerprint density at radius 3 is 2.47 bits per heavy atom. The first-order valence-corrected chi connectivity index (χ1v) is 9.70. The lowest BCUT2D eigenvalue weighted by molar-refractivity contribution is -0.0239. The lowest BCUT2D eigenvalue weighted by Crippen LogP contribution is -2.32. The van der Waals surface area contributed by atoms with Gasteiger partial charge in [0.2, 0.25) is 9.05 Å². The quantitative estimate of drug-likeness (QED) is 0.528. The molecule has 0 radical (unpaired) electrons. The zero-order valence-corrected chi connectivity index (χ0v) is 13.9. The minimum Gasteiger partial charge on any atom is -0.378 e. The van der Waals surface area contributed by atoms with E-state index in [0.29, 0.717) is 17.9 Å². The fourth-order valence-corrected chi connectivity index (χ4v) is 4.06. The minimum absolute atomic E-state index is 0.0715. The highest BCUT2D eigenvalue weighted by Gasteiger charge is 2.32. The Balaban J connectivity index is 2.12. The maximum atomic E-state index is 10.8. The number of hydrogen-bond donors (Lipinski definition) is 0. The molecule has 2 unspecified atom stereocenters. The van der Waals surface area contributed by atoms with Gasteiger partial charge in [0, 0.05) is 17.3 Å². The summed E-state index contributed by atoms with van der Waals surface area (Å²) in [5.41, 5.74) is 0.384. The third-order valence-electron chi connectivity index (χ3n) is 3.73. The molecule has 0 aromatic carbocycles. The Hall–Kier alpha value is 0.200. The van der Waals surface area contributed by atoms with Crippen LogP contribution in [0.15, 0.2) is 0 Å². The summed E-state index contributed by atoms with van der Waals surface area (Å²) in [5, 5.41) is 0. The molecule has 3 nitrogen and oxygen atoms in total. The second-order valence-electron chi connectivity index (χ2n) is 6.71. The summed E-state index contributed by atoms with van der Waals surface area (Å²) in [6.45, 7) is 7.65. The van der Waals surface area contributed by atoms with Crippen molar-refractivity contribution in [1.82, 2.24) is 0 Å². The number of ether oxygens (including phenoxy) is 1. The summed E-state index contributed by atoms with van der Waals surface area (Å²) >= 11 is 0. The third kappa shape index (κ3) is 8.16. The standard InChI is InChI=1S/C14H27ClO3S/c1-12-9-13(11-14(2,3)10-12)18-7-5-4-6-8-19(15,16)17/h12-13H,4-11H2,1-3H3. The monoisotopic (exact) mass is 310 g/mol. The van der Waals surface area contributed by atoms with Crippen molar-refractivity contribution < 1.29 is 13.2 Å². The maximum absolute atomic E-state index is 10.8. The van der Waals surface area contributed by atoms with Crippen LogP contribution in [-0.2, 0) is 13.8 Å². The van der Waals surface area contributed by atoms with Gasteiger partial charge >= 0.3 is 0 Å². The van der Waals surface area contributed by atoms with Crippen molar-refractivity contribution in [1.29, 1.82) is 0 Å². The first-order chi connectivity index (χ1) is 8.68. The molecule has 1 fully saturated rings. The largest absolute Gasteiger partial charge is 0.378 e. The first kappa shape index (κ1) is 17.3. The summed E-state index contributed by atoms with van der Waals surface area (Å²) < 4.78 is 27.4. The van der Waals surface area contributed by atoms with Crippen molar-refractivity contribution in [3.63, 3.8) is 0 Å². The highest BCUT2D eigenvalue weighted by molar-refractivity contribution is 8.13. The van der Waals surface area contributed by atoms with Crippen molar-refractivity contribution in [2.45, 2.75) is 65.4 Å². The highest BCUT2D eigenvalue weighted by atomic mass is 35.7. The van der Waals surface area contributed by atoms with Crippen molar-refractivity contribution in [3.05, 3.63) is 0 Å². The van der Waals surface area contributed by atoms with E-state index in [1.54, 1.807) is 0 Å². The van der Waals surface area contributed by atoms with Crippen molar-refractivity contribution >= 4 is 19.7 Å². The molecular weight excluding hydrogens is 284 g/mol. The molecule has 1 aliphatic carbocycles. The van der Waals surface area contributed by atoms with E-state index in [0.717, 1.165) is 38.2 Å². The molecule has 0 N–H and O–H groups in total. The van der Waals surface area contributed by atoms with Gasteiger partial charge in [-0.15, -0.1) is 0 Å². The second kappa shape index (κ2) is 7.28. The van der Waals surface area contributed by atoms with E-state index in [9.17, 15) is 8.42 Å². The van der Waals surface area contributed by atoms with Crippen LogP contribution in [0.25, 0.3) is 0 Å². The normalized spacial score (nSPS) is 27.4. The molecule has 0 aliphatic heterocycles. The molecule has 1 aliphatic rings. The van der Waals surface area contributed by atoms with E-state index in [2.05, 4.69) is 20.8 Å². The predicted molar refractivity (Wildman–Crippen MR) is 80.0 cm³/mol. The lowest BCUT2D eigenvalue weighted by Gasteiger charge is -2.38. The van der Waals surface area contributed by atoms with Gasteiger partial charge in [-0.2, -0.15) is 0 Å². The first-order valence-electron chi connectivity index (χ1n) is 7.22. The van der Waals surface area contributed by atoms with Gasteiger partial charge in [0.15, 0.2) is 0 Å². The highest BCUT2D eigenvalue weighted by Crippen LogP contribution is 2.39. The van der Waals surface area contributed by atoms with Crippen LogP contribution in [0.5, 0.6) is 0 Å². The van der Waals surface area contributed by atoms with E-state index in [1.807, 2.05) is 0 Å². The summed E-state index contributed by atoms with van der Waals surface area (Å²) in [5.74, 6) is 0.803. The molecule has 0 spiro atoms. The number of hydrogen-bond acceptors (Lipinski definition) is 3. The van der Waals surface area contributed by atoms with Crippen molar-refractivity contribution in [2.24, 2.45) is 11.3 Å². The van der Waals surface area contributed by atoms with Gasteiger partial charge in [-0.25, -0.2) is 8.42 Å². The molecule has 5 heteroatoms. The molecule has 1 rings (SSSR count). The summed E-state index contributed by atoms with van der Waals surface area (Å²) in [6.07, 6.45) is 6.33. The topological polar surface area (TPSA) is 43.4 Å². The second-order valence-corrected chi connectivity index (χ2v) is 9.61. The van der Waals surface area contributed by atoms with E-state index in [4.69, 9.17) is 15.4 Å². The van der Waals surface area contributed by atoms with Crippen LogP contribution in [0.4, 0.5) is 0 Å². The minimum atomic E-state index is -3.32. The van der Waals surface area contributed by atoms with Crippen LogP contribution in [0.3, 0.4) is 0 Å². The molecular formula is C14H27ClO3S. The zero-order valence-electron chi connectivity index (χ0n) is 12.3. The Kier molecular flexibility index (Phi) is 6.61. The molecule has 2 atom stereocenters. The summed E-state index contributed by atoms with van der Waals surface area (Å²) in [7, 11) is 1.83. The smallest absolute Gasteiger partial charge is 0.232 e. The molecule has 114 valence electrons. The Morgan fingerprint density at radius 2 is 1.89 bits per heavy atom. The van der Waals surface area contributed by atoms with E-state index >= 15 is 0 Å². The third-order valence-corrected chi connectivity index (χ3v) is 4.97. The van der Waals surface area contributed by atoms with E-state index in [-0.39, 0.29) is 5.75 Å². The number of halogens is 1. The maximum Gasteiger partial charge on any atom is 0.232 e. The Bertz CT molecular complexity index is 365. The number of unbranched alkanes of at least 4 members (excludes halogenated alkanes) is 2. The molecule has 1 saturated carbocycles. The summed E-state index contributed by atoms with van der Waals surface area (Å²) in [6, 6.07) is 0.